The zero-order chi connectivity index (χ0) is 11.1. The molecule has 2 atom stereocenters. The molecule has 0 heterocycles. The fourth-order valence-electron chi connectivity index (χ4n) is 2.38. The Morgan fingerprint density at radius 1 is 1.19 bits per heavy atom. The van der Waals surface area contributed by atoms with Gasteiger partial charge in [-0.3, -0.25) is 0 Å². The van der Waals surface area contributed by atoms with Gasteiger partial charge in [-0.05, 0) is 23.3 Å². The van der Waals surface area contributed by atoms with Gasteiger partial charge in [0.15, 0.2) is 0 Å². The van der Waals surface area contributed by atoms with E-state index < -0.39 is 0 Å². The Labute approximate surface area is 95.0 Å². The van der Waals surface area contributed by atoms with Crippen LogP contribution >= 0.6 is 0 Å². The average molecular weight is 213 g/mol. The molecule has 0 radical (unpaired) electrons. The summed E-state index contributed by atoms with van der Waals surface area (Å²) in [5.41, 5.74) is 7.24. The summed E-state index contributed by atoms with van der Waals surface area (Å²) >= 11 is 0. The number of methoxy groups -OCH3 is 1. The number of fused-ring (bicyclic) bond motifs is 1. The normalized spacial score (nSPS) is 23.4. The third-order valence-corrected chi connectivity index (χ3v) is 3.36. The lowest BCUT2D eigenvalue weighted by Gasteiger charge is -2.11. The molecule has 0 saturated heterocycles. The zero-order valence-electron chi connectivity index (χ0n) is 9.31. The van der Waals surface area contributed by atoms with E-state index in [4.69, 9.17) is 10.5 Å². The van der Waals surface area contributed by atoms with Crippen LogP contribution in [-0.4, -0.2) is 13.2 Å². The van der Waals surface area contributed by atoms with E-state index in [2.05, 4.69) is 30.3 Å². The summed E-state index contributed by atoms with van der Waals surface area (Å²) < 4.78 is 5.45. The van der Waals surface area contributed by atoms with E-state index in [0.717, 1.165) is 12.2 Å². The Balaban J connectivity index is 2.27. The molecule has 0 unspecified atom stereocenters. The van der Waals surface area contributed by atoms with E-state index in [-0.39, 0.29) is 0 Å². The second kappa shape index (κ2) is 3.49. The summed E-state index contributed by atoms with van der Waals surface area (Å²) in [5.74, 6) is 1.44. The van der Waals surface area contributed by atoms with Gasteiger partial charge in [-0.2, -0.15) is 0 Å². The summed E-state index contributed by atoms with van der Waals surface area (Å²) in [6, 6.07) is 12.9. The van der Waals surface area contributed by atoms with E-state index >= 15 is 0 Å². The number of rotatable bonds is 2. The fourth-order valence-corrected chi connectivity index (χ4v) is 2.38. The summed E-state index contributed by atoms with van der Waals surface area (Å²) in [7, 11) is 1.72. The first-order chi connectivity index (χ1) is 7.81. The lowest BCUT2D eigenvalue weighted by atomic mass is 10.00. The fraction of sp³-hybridized carbons (Fsp3) is 0.286. The van der Waals surface area contributed by atoms with Crippen LogP contribution in [0.15, 0.2) is 36.4 Å². The maximum atomic E-state index is 5.96. The first-order valence-electron chi connectivity index (χ1n) is 5.62. The van der Waals surface area contributed by atoms with Crippen molar-refractivity contribution < 1.29 is 4.74 Å². The number of hydrogen-bond donors (Lipinski definition) is 1. The molecule has 16 heavy (non-hydrogen) atoms. The van der Waals surface area contributed by atoms with Crippen LogP contribution in [-0.2, 0) is 0 Å². The van der Waals surface area contributed by atoms with Crippen molar-refractivity contribution in [3.63, 3.8) is 0 Å². The topological polar surface area (TPSA) is 35.2 Å². The highest BCUT2D eigenvalue weighted by Gasteiger charge is 2.37. The van der Waals surface area contributed by atoms with Gasteiger partial charge in [0.25, 0.3) is 0 Å². The predicted molar refractivity (Wildman–Crippen MR) is 65.8 cm³/mol. The molecule has 0 amide bonds. The highest BCUT2D eigenvalue weighted by atomic mass is 16.5. The first-order valence-corrected chi connectivity index (χ1v) is 5.62. The second-order valence-electron chi connectivity index (χ2n) is 4.41. The highest BCUT2D eigenvalue weighted by Crippen LogP contribution is 2.46. The van der Waals surface area contributed by atoms with Crippen LogP contribution < -0.4 is 10.5 Å². The SMILES string of the molecule is COc1ccc2ccccc2c1[C@@H]1C[C@@H]1N. The predicted octanol–water partition coefficient (Wildman–Crippen LogP) is 2.66. The van der Waals surface area contributed by atoms with Gasteiger partial charge >= 0.3 is 0 Å². The summed E-state index contributed by atoms with van der Waals surface area (Å²) in [4.78, 5) is 0. The van der Waals surface area contributed by atoms with Gasteiger partial charge in [-0.15, -0.1) is 0 Å². The Morgan fingerprint density at radius 3 is 2.62 bits per heavy atom. The van der Waals surface area contributed by atoms with Crippen LogP contribution in [0.2, 0.25) is 0 Å². The Kier molecular flexibility index (Phi) is 2.11. The quantitative estimate of drug-likeness (QED) is 0.832. The van der Waals surface area contributed by atoms with Crippen LogP contribution in [0.4, 0.5) is 0 Å². The molecule has 0 aliphatic heterocycles. The molecular formula is C14H15NO. The maximum Gasteiger partial charge on any atom is 0.123 e. The van der Waals surface area contributed by atoms with Crippen LogP contribution in [0.25, 0.3) is 10.8 Å². The van der Waals surface area contributed by atoms with Crippen molar-refractivity contribution in [3.05, 3.63) is 42.0 Å². The molecule has 2 heteroatoms. The van der Waals surface area contributed by atoms with Gasteiger partial charge in [0.05, 0.1) is 7.11 Å². The minimum Gasteiger partial charge on any atom is -0.496 e. The molecule has 2 nitrogen and oxygen atoms in total. The maximum absolute atomic E-state index is 5.96. The molecule has 1 aliphatic carbocycles. The lowest BCUT2D eigenvalue weighted by Crippen LogP contribution is -2.02. The first kappa shape index (κ1) is 9.67. The molecule has 82 valence electrons. The van der Waals surface area contributed by atoms with E-state index in [1.807, 2.05) is 6.07 Å². The standard InChI is InChI=1S/C14H15NO/c1-16-13-7-6-9-4-2-3-5-10(9)14(13)11-8-12(11)15/h2-7,11-12H,8,15H2,1H3/t11-,12+/m1/s1. The Morgan fingerprint density at radius 2 is 1.94 bits per heavy atom. The molecule has 0 bridgehead atoms. The smallest absolute Gasteiger partial charge is 0.123 e. The van der Waals surface area contributed by atoms with E-state index in [9.17, 15) is 0 Å². The Hall–Kier alpha value is -1.54. The third-order valence-electron chi connectivity index (χ3n) is 3.36. The number of benzene rings is 2. The van der Waals surface area contributed by atoms with Crippen molar-refractivity contribution in [3.8, 4) is 5.75 Å². The highest BCUT2D eigenvalue weighted by molar-refractivity contribution is 5.88. The molecular weight excluding hydrogens is 198 g/mol. The largest absolute Gasteiger partial charge is 0.496 e. The van der Waals surface area contributed by atoms with Crippen LogP contribution in [0, 0.1) is 0 Å². The second-order valence-corrected chi connectivity index (χ2v) is 4.41. The number of hydrogen-bond acceptors (Lipinski definition) is 2. The summed E-state index contributed by atoms with van der Waals surface area (Å²) in [6.45, 7) is 0. The molecule has 0 spiro atoms. The molecule has 1 aliphatic rings. The zero-order valence-corrected chi connectivity index (χ0v) is 9.31. The van der Waals surface area contributed by atoms with E-state index in [1.165, 1.54) is 16.3 Å². The van der Waals surface area contributed by atoms with E-state index in [0.29, 0.717) is 12.0 Å². The van der Waals surface area contributed by atoms with E-state index in [1.54, 1.807) is 7.11 Å². The van der Waals surface area contributed by atoms with Gasteiger partial charge in [-0.25, -0.2) is 0 Å². The van der Waals surface area contributed by atoms with Gasteiger partial charge in [0.1, 0.15) is 5.75 Å². The minimum absolute atomic E-state index is 0.305. The molecule has 1 fully saturated rings. The number of nitrogens with two attached hydrogens (primary N) is 1. The van der Waals surface area contributed by atoms with Crippen molar-refractivity contribution >= 4 is 10.8 Å². The van der Waals surface area contributed by atoms with Gasteiger partial charge in [0, 0.05) is 17.5 Å². The average Bonchev–Trinajstić information content (AvgIpc) is 3.04. The molecule has 1 saturated carbocycles. The van der Waals surface area contributed by atoms with Crippen molar-refractivity contribution in [2.75, 3.05) is 7.11 Å². The van der Waals surface area contributed by atoms with Gasteiger partial charge in [0.2, 0.25) is 0 Å². The van der Waals surface area contributed by atoms with Crippen LogP contribution in [0.1, 0.15) is 17.9 Å². The Bertz CT molecular complexity index is 535. The van der Waals surface area contributed by atoms with Crippen LogP contribution in [0.5, 0.6) is 5.75 Å². The molecule has 2 aromatic carbocycles. The van der Waals surface area contributed by atoms with Gasteiger partial charge in [-0.1, -0.05) is 30.3 Å². The molecule has 2 N–H and O–H groups in total. The van der Waals surface area contributed by atoms with Crippen LogP contribution in [0.3, 0.4) is 0 Å². The monoisotopic (exact) mass is 213 g/mol. The van der Waals surface area contributed by atoms with Crippen molar-refractivity contribution in [1.82, 2.24) is 0 Å². The summed E-state index contributed by atoms with van der Waals surface area (Å²) in [6.07, 6.45) is 1.07. The lowest BCUT2D eigenvalue weighted by molar-refractivity contribution is 0.410. The molecule has 2 aromatic rings. The third kappa shape index (κ3) is 1.38. The van der Waals surface area contributed by atoms with Crippen molar-refractivity contribution in [1.29, 1.82) is 0 Å². The van der Waals surface area contributed by atoms with Crippen molar-refractivity contribution in [2.45, 2.75) is 18.4 Å². The van der Waals surface area contributed by atoms with Gasteiger partial charge < -0.3 is 10.5 Å². The molecule has 0 aromatic heterocycles. The summed E-state index contributed by atoms with van der Waals surface area (Å²) in [5, 5.41) is 2.54. The number of ether oxygens (including phenoxy) is 1. The van der Waals surface area contributed by atoms with Crippen molar-refractivity contribution in [2.24, 2.45) is 5.73 Å². The molecule has 3 rings (SSSR count). The minimum atomic E-state index is 0.305.